The van der Waals surface area contributed by atoms with Crippen molar-refractivity contribution in [3.63, 3.8) is 0 Å². The molecule has 1 fully saturated rings. The molecule has 3 rings (SSSR count). The van der Waals surface area contributed by atoms with Crippen LogP contribution in [0.3, 0.4) is 0 Å². The number of carbonyl (C=O) groups excluding carboxylic acids is 1. The normalized spacial score (nSPS) is 25.8. The number of rotatable bonds is 12. The number of hydrogen-bond acceptors (Lipinski definition) is 12. The number of aliphatic hydroxyl groups is 3. The largest absolute Gasteiger partial charge is 0.405 e. The van der Waals surface area contributed by atoms with Crippen molar-refractivity contribution in [2.24, 2.45) is 5.41 Å². The highest BCUT2D eigenvalue weighted by molar-refractivity contribution is 8.13. The van der Waals surface area contributed by atoms with Crippen molar-refractivity contribution >= 4 is 47.4 Å². The van der Waals surface area contributed by atoms with Crippen LogP contribution in [-0.2, 0) is 23.1 Å². The third-order valence-corrected chi connectivity index (χ3v) is 9.14. The van der Waals surface area contributed by atoms with Gasteiger partial charge in [0.2, 0.25) is 0 Å². The van der Waals surface area contributed by atoms with Gasteiger partial charge in [0.05, 0.1) is 31.6 Å². The Morgan fingerprint density at radius 2 is 2.08 bits per heavy atom. The smallest absolute Gasteiger partial charge is 0.395 e. The number of aromatic nitrogens is 4. The van der Waals surface area contributed by atoms with Gasteiger partial charge in [-0.3, -0.25) is 18.4 Å². The van der Waals surface area contributed by atoms with E-state index in [1.807, 2.05) is 0 Å². The molecule has 5 atom stereocenters. The van der Waals surface area contributed by atoms with Crippen LogP contribution in [0.2, 0.25) is 5.15 Å². The number of hydrogen-bond donors (Lipinski definition) is 4. The first-order valence-electron chi connectivity index (χ1n) is 12.0. The molecule has 16 heteroatoms. The lowest BCUT2D eigenvalue weighted by molar-refractivity contribution is -0.119. The number of ether oxygens (including phenoxy) is 1. The van der Waals surface area contributed by atoms with E-state index in [2.05, 4.69) is 20.0 Å². The van der Waals surface area contributed by atoms with Crippen LogP contribution in [0.25, 0.3) is 11.2 Å². The highest BCUT2D eigenvalue weighted by Crippen LogP contribution is 2.47. The van der Waals surface area contributed by atoms with Crippen LogP contribution in [0.4, 0.5) is 0 Å². The van der Waals surface area contributed by atoms with Crippen molar-refractivity contribution in [2.45, 2.75) is 71.6 Å². The van der Waals surface area contributed by atoms with Crippen LogP contribution in [0.15, 0.2) is 6.33 Å². The molecule has 0 radical (unpaired) electrons. The average Bonchev–Trinajstić information content (AvgIpc) is 3.33. The Morgan fingerprint density at radius 3 is 2.71 bits per heavy atom. The van der Waals surface area contributed by atoms with E-state index in [4.69, 9.17) is 25.4 Å². The average molecular weight is 596 g/mol. The number of thioether (sulfide) groups is 1. The molecule has 0 aliphatic carbocycles. The van der Waals surface area contributed by atoms with Crippen molar-refractivity contribution in [3.05, 3.63) is 17.3 Å². The second-order valence-corrected chi connectivity index (χ2v) is 13.4. The quantitative estimate of drug-likeness (QED) is 0.160. The Balaban J connectivity index is 1.69. The van der Waals surface area contributed by atoms with Crippen molar-refractivity contribution in [3.8, 4) is 0 Å². The van der Waals surface area contributed by atoms with E-state index in [-0.39, 0.29) is 41.9 Å². The Hall–Kier alpha value is -1.19. The van der Waals surface area contributed by atoms with Gasteiger partial charge in [-0.25, -0.2) is 24.6 Å². The van der Waals surface area contributed by atoms with Gasteiger partial charge in [0, 0.05) is 11.8 Å². The van der Waals surface area contributed by atoms with Gasteiger partial charge in [-0.1, -0.05) is 23.4 Å². The number of carbonyl (C=O) groups is 1. The monoisotopic (exact) mass is 595 g/mol. The molecule has 0 spiro atoms. The van der Waals surface area contributed by atoms with Crippen molar-refractivity contribution in [2.75, 3.05) is 25.6 Å². The molecular weight excluding hydrogens is 561 g/mol. The predicted molar refractivity (Wildman–Crippen MR) is 142 cm³/mol. The highest BCUT2D eigenvalue weighted by atomic mass is 35.5. The van der Waals surface area contributed by atoms with E-state index in [0.717, 1.165) is 11.8 Å². The summed E-state index contributed by atoms with van der Waals surface area (Å²) in [6.07, 6.45) is -2.24. The van der Waals surface area contributed by atoms with Gasteiger partial charge in [-0.2, -0.15) is 0 Å². The molecule has 0 saturated carbocycles. The summed E-state index contributed by atoms with van der Waals surface area (Å²) in [6.45, 7) is 9.06. The number of aryl methyl sites for hydroxylation is 1. The van der Waals surface area contributed by atoms with Crippen LogP contribution in [0.1, 0.15) is 46.7 Å². The fourth-order valence-corrected chi connectivity index (χ4v) is 6.40. The molecule has 1 saturated heterocycles. The number of aliphatic hydroxyl groups excluding tert-OH is 2. The van der Waals surface area contributed by atoms with E-state index in [1.165, 1.54) is 17.8 Å². The Bertz CT molecular complexity index is 1200. The number of nitrogens with zero attached hydrogens (tertiary/aromatic N) is 4. The maximum Gasteiger partial charge on any atom is 0.405 e. The Kier molecular flexibility index (Phi) is 10.0. The van der Waals surface area contributed by atoms with Crippen molar-refractivity contribution in [1.29, 1.82) is 0 Å². The van der Waals surface area contributed by atoms with Crippen LogP contribution < -0.4 is 5.09 Å². The van der Waals surface area contributed by atoms with E-state index in [0.29, 0.717) is 17.0 Å². The molecule has 1 aliphatic heterocycles. The lowest BCUT2D eigenvalue weighted by atomic mass is 9.96. The zero-order valence-electron chi connectivity index (χ0n) is 22.1. The van der Waals surface area contributed by atoms with E-state index in [1.54, 1.807) is 34.6 Å². The molecule has 3 heterocycles. The van der Waals surface area contributed by atoms with E-state index < -0.39 is 37.2 Å². The fourth-order valence-electron chi connectivity index (χ4n) is 3.68. The summed E-state index contributed by atoms with van der Waals surface area (Å²) in [6, 6.07) is -0.279. The van der Waals surface area contributed by atoms with Gasteiger partial charge in [0.15, 0.2) is 22.1 Å². The lowest BCUT2D eigenvalue weighted by Gasteiger charge is -2.27. The second kappa shape index (κ2) is 12.1. The maximum absolute atomic E-state index is 13.4. The standard InChI is InChI=1S/C22H35ClN5O8PS/c1-12(2)27-37(33,34-7-8-38-20(31)21(4,5)10-29)35-9-14-16(30)22(6,32)19(36-14)28-11-24-15-17(23)25-13(3)26-18(15)28/h11-12,14,16,19,29-30,32H,7-10H2,1-6H3,(H,27,33)/t14-,16+,19-,22?,37?/m1/s1. The Morgan fingerprint density at radius 1 is 1.39 bits per heavy atom. The lowest BCUT2D eigenvalue weighted by Crippen LogP contribution is -2.44. The number of imidazole rings is 1. The van der Waals surface area contributed by atoms with Gasteiger partial charge >= 0.3 is 7.75 Å². The number of nitrogens with one attached hydrogen (secondary N) is 1. The molecule has 0 amide bonds. The molecule has 214 valence electrons. The molecule has 0 bridgehead atoms. The summed E-state index contributed by atoms with van der Waals surface area (Å²) in [5, 5.41) is 34.0. The first kappa shape index (κ1) is 31.3. The SMILES string of the molecule is Cc1nc(Cl)c2ncn([C@@H]3O[C@H](COP(=O)(NC(C)C)OCCSC(=O)C(C)(C)CO)[C@H](O)C3(C)O)c2n1. The van der Waals surface area contributed by atoms with Crippen molar-refractivity contribution in [1.82, 2.24) is 24.6 Å². The van der Waals surface area contributed by atoms with E-state index in [9.17, 15) is 24.7 Å². The third kappa shape index (κ3) is 6.92. The molecule has 4 N–H and O–H groups in total. The van der Waals surface area contributed by atoms with Gasteiger partial charge in [-0.05, 0) is 41.5 Å². The Labute approximate surface area is 230 Å². The first-order valence-corrected chi connectivity index (χ1v) is 14.9. The fraction of sp³-hybridized carbons (Fsp3) is 0.727. The third-order valence-electron chi connectivity index (χ3n) is 5.85. The molecule has 2 unspecified atom stereocenters. The molecular formula is C22H35ClN5O8PS. The molecule has 38 heavy (non-hydrogen) atoms. The molecule has 0 aromatic carbocycles. The minimum absolute atomic E-state index is 0.0792. The number of fused-ring (bicyclic) bond motifs is 1. The highest BCUT2D eigenvalue weighted by Gasteiger charge is 2.54. The summed E-state index contributed by atoms with van der Waals surface area (Å²) in [5.74, 6) is 0.576. The summed E-state index contributed by atoms with van der Waals surface area (Å²) in [7, 11) is -3.89. The summed E-state index contributed by atoms with van der Waals surface area (Å²) in [5.41, 5.74) is -2.07. The van der Waals surface area contributed by atoms with Crippen LogP contribution >= 0.6 is 31.1 Å². The zero-order chi connectivity index (χ0) is 28.5. The molecule has 13 nitrogen and oxygen atoms in total. The van der Waals surface area contributed by atoms with Gasteiger partial charge < -0.3 is 20.1 Å². The topological polar surface area (TPSA) is 178 Å². The predicted octanol–water partition coefficient (Wildman–Crippen LogP) is 2.22. The van der Waals surface area contributed by atoms with Crippen LogP contribution in [-0.4, -0.2) is 89.4 Å². The van der Waals surface area contributed by atoms with Gasteiger partial charge in [0.1, 0.15) is 29.2 Å². The van der Waals surface area contributed by atoms with E-state index >= 15 is 0 Å². The van der Waals surface area contributed by atoms with Crippen LogP contribution in [0.5, 0.6) is 0 Å². The summed E-state index contributed by atoms with van der Waals surface area (Å²) < 4.78 is 31.9. The summed E-state index contributed by atoms with van der Waals surface area (Å²) in [4.78, 5) is 24.8. The van der Waals surface area contributed by atoms with Gasteiger partial charge in [-0.15, -0.1) is 0 Å². The maximum atomic E-state index is 13.4. The molecule has 2 aromatic heterocycles. The molecule has 1 aliphatic rings. The van der Waals surface area contributed by atoms with Crippen LogP contribution in [0, 0.1) is 12.3 Å². The van der Waals surface area contributed by atoms with Crippen molar-refractivity contribution < 1.29 is 38.5 Å². The molecule has 2 aromatic rings. The zero-order valence-corrected chi connectivity index (χ0v) is 24.6. The summed E-state index contributed by atoms with van der Waals surface area (Å²) >= 11 is 7.13. The minimum atomic E-state index is -3.89. The minimum Gasteiger partial charge on any atom is -0.395 e. The number of halogens is 1. The second-order valence-electron chi connectivity index (χ2n) is 10.2. The van der Waals surface area contributed by atoms with Gasteiger partial charge in [0.25, 0.3) is 0 Å². The first-order chi connectivity index (χ1) is 17.6.